The highest BCUT2D eigenvalue weighted by atomic mass is 32.2. The van der Waals surface area contributed by atoms with E-state index in [1.165, 1.54) is 12.1 Å². The molecule has 0 fully saturated rings. The van der Waals surface area contributed by atoms with Gasteiger partial charge in [0.15, 0.2) is 0 Å². The second kappa shape index (κ2) is 8.66. The summed E-state index contributed by atoms with van der Waals surface area (Å²) in [6.45, 7) is 3.54. The maximum absolute atomic E-state index is 12.6. The second-order valence-electron chi connectivity index (χ2n) is 7.01. The highest BCUT2D eigenvalue weighted by molar-refractivity contribution is 7.90. The van der Waals surface area contributed by atoms with Gasteiger partial charge in [-0.1, -0.05) is 31.2 Å². The number of fused-ring (bicyclic) bond motifs is 1. The van der Waals surface area contributed by atoms with Crippen LogP contribution in [-0.2, 0) is 14.8 Å². The Labute approximate surface area is 175 Å². The lowest BCUT2D eigenvalue weighted by Crippen LogP contribution is -2.34. The Bertz CT molecular complexity index is 1100. The largest absolute Gasteiger partial charge is 0.350 e. The Morgan fingerprint density at radius 1 is 1.07 bits per heavy atom. The molecule has 2 aromatic rings. The molecule has 0 unspecified atom stereocenters. The van der Waals surface area contributed by atoms with Crippen LogP contribution < -0.4 is 10.6 Å². The predicted octanol–water partition coefficient (Wildman–Crippen LogP) is 2.39. The Kier molecular flexibility index (Phi) is 6.21. The van der Waals surface area contributed by atoms with E-state index in [-0.39, 0.29) is 35.4 Å². The fraction of sp³-hybridized carbons (Fsp3) is 0.286. The van der Waals surface area contributed by atoms with Crippen LogP contribution >= 0.6 is 0 Å². The molecule has 0 spiro atoms. The molecule has 0 saturated carbocycles. The van der Waals surface area contributed by atoms with Crippen molar-refractivity contribution in [1.29, 1.82) is 0 Å². The normalized spacial score (nSPS) is 15.4. The van der Waals surface area contributed by atoms with Gasteiger partial charge < -0.3 is 10.6 Å². The van der Waals surface area contributed by atoms with Gasteiger partial charge in [-0.3, -0.25) is 14.4 Å². The number of benzene rings is 2. The molecule has 1 aliphatic rings. The van der Waals surface area contributed by atoms with Gasteiger partial charge in [0.2, 0.25) is 5.91 Å². The van der Waals surface area contributed by atoms with Crippen LogP contribution in [0.25, 0.3) is 0 Å². The van der Waals surface area contributed by atoms with E-state index in [4.69, 9.17) is 0 Å². The quantitative estimate of drug-likeness (QED) is 0.702. The molecule has 0 aliphatic carbocycles. The van der Waals surface area contributed by atoms with Gasteiger partial charge in [0.05, 0.1) is 16.8 Å². The number of carbonyl (C=O) groups excluding carboxylic acids is 3. The molecule has 1 atom stereocenters. The number of sulfonamides is 1. The Morgan fingerprint density at radius 2 is 1.73 bits per heavy atom. The first-order valence-electron chi connectivity index (χ1n) is 9.61. The summed E-state index contributed by atoms with van der Waals surface area (Å²) in [7, 11) is -3.96. The molecule has 3 amide bonds. The third-order valence-corrected chi connectivity index (χ3v) is 6.73. The zero-order valence-electron chi connectivity index (χ0n) is 16.7. The third kappa shape index (κ3) is 4.20. The average molecular weight is 429 g/mol. The summed E-state index contributed by atoms with van der Waals surface area (Å²) in [5.41, 5.74) is 0.732. The molecule has 2 aromatic carbocycles. The molecule has 3 rings (SSSR count). The smallest absolute Gasteiger partial charge is 0.269 e. The minimum atomic E-state index is -3.96. The van der Waals surface area contributed by atoms with E-state index < -0.39 is 21.8 Å². The van der Waals surface area contributed by atoms with Gasteiger partial charge in [-0.2, -0.15) is 0 Å². The van der Waals surface area contributed by atoms with Crippen LogP contribution in [0.2, 0.25) is 0 Å². The number of anilines is 1. The topological polar surface area (TPSA) is 113 Å². The lowest BCUT2D eigenvalue weighted by atomic mass is 10.1. The number of carbonyl (C=O) groups is 3. The van der Waals surface area contributed by atoms with Gasteiger partial charge in [0, 0.05) is 19.0 Å². The predicted molar refractivity (Wildman–Crippen MR) is 112 cm³/mol. The van der Waals surface area contributed by atoms with E-state index in [0.29, 0.717) is 15.6 Å². The number of nitrogens with zero attached hydrogens (tertiary/aromatic N) is 1. The number of hydrogen-bond acceptors (Lipinski definition) is 5. The van der Waals surface area contributed by atoms with Crippen molar-refractivity contribution in [2.45, 2.75) is 37.6 Å². The molecule has 158 valence electrons. The van der Waals surface area contributed by atoms with Crippen LogP contribution in [0.4, 0.5) is 5.69 Å². The summed E-state index contributed by atoms with van der Waals surface area (Å²) in [4.78, 5) is 37.2. The summed E-state index contributed by atoms with van der Waals surface area (Å²) in [6, 6.07) is 12.5. The minimum Gasteiger partial charge on any atom is -0.350 e. The van der Waals surface area contributed by atoms with Crippen molar-refractivity contribution in [3.8, 4) is 0 Å². The van der Waals surface area contributed by atoms with Crippen LogP contribution in [0.3, 0.4) is 0 Å². The van der Waals surface area contributed by atoms with Gasteiger partial charge in [0.1, 0.15) is 4.90 Å². The van der Waals surface area contributed by atoms with Crippen molar-refractivity contribution in [1.82, 2.24) is 9.62 Å². The summed E-state index contributed by atoms with van der Waals surface area (Å²) < 4.78 is 25.8. The maximum atomic E-state index is 12.6. The number of hydrogen-bond donors (Lipinski definition) is 2. The lowest BCUT2D eigenvalue weighted by Gasteiger charge is -2.16. The summed E-state index contributed by atoms with van der Waals surface area (Å²) in [5, 5.41) is 5.48. The molecule has 0 saturated heterocycles. The number of amides is 3. The van der Waals surface area contributed by atoms with Crippen LogP contribution in [-0.4, -0.2) is 43.0 Å². The first-order chi connectivity index (χ1) is 14.3. The maximum Gasteiger partial charge on any atom is 0.269 e. The van der Waals surface area contributed by atoms with E-state index in [0.717, 1.165) is 6.42 Å². The molecule has 9 heteroatoms. The van der Waals surface area contributed by atoms with E-state index in [1.54, 1.807) is 36.4 Å². The summed E-state index contributed by atoms with van der Waals surface area (Å²) in [6.07, 6.45) is 0.529. The first kappa shape index (κ1) is 21.5. The van der Waals surface area contributed by atoms with Gasteiger partial charge >= 0.3 is 0 Å². The minimum absolute atomic E-state index is 0.0192. The molecule has 0 bridgehead atoms. The summed E-state index contributed by atoms with van der Waals surface area (Å²) >= 11 is 0. The fourth-order valence-electron chi connectivity index (χ4n) is 3.06. The summed E-state index contributed by atoms with van der Waals surface area (Å²) in [5.74, 6) is -1.46. The van der Waals surface area contributed by atoms with Gasteiger partial charge in [-0.25, -0.2) is 12.7 Å². The van der Waals surface area contributed by atoms with Crippen LogP contribution in [0, 0.1) is 0 Å². The standard InChI is InChI=1S/C21H23N3O5S/c1-3-14(2)22-20(26)15-8-4-6-10-17(15)23-19(25)12-13-24-21(27)16-9-5-7-11-18(16)30(24,28)29/h4-11,14H,3,12-13H2,1-2H3,(H,22,26)(H,23,25)/t14-/m1/s1. The molecule has 0 radical (unpaired) electrons. The Morgan fingerprint density at radius 3 is 2.43 bits per heavy atom. The zero-order valence-corrected chi connectivity index (χ0v) is 17.5. The first-order valence-corrected chi connectivity index (χ1v) is 11.1. The Balaban J connectivity index is 1.68. The van der Waals surface area contributed by atoms with Gasteiger partial charge in [0.25, 0.3) is 21.8 Å². The van der Waals surface area contributed by atoms with Crippen molar-refractivity contribution >= 4 is 33.4 Å². The highest BCUT2D eigenvalue weighted by Gasteiger charge is 2.40. The van der Waals surface area contributed by atoms with Crippen LogP contribution in [0.1, 0.15) is 47.4 Å². The van der Waals surface area contributed by atoms with Crippen LogP contribution in [0.15, 0.2) is 53.4 Å². The lowest BCUT2D eigenvalue weighted by molar-refractivity contribution is -0.116. The average Bonchev–Trinajstić information content (AvgIpc) is 2.92. The molecule has 1 heterocycles. The van der Waals surface area contributed by atoms with E-state index in [1.807, 2.05) is 13.8 Å². The van der Waals surface area contributed by atoms with E-state index >= 15 is 0 Å². The fourth-order valence-corrected chi connectivity index (χ4v) is 4.63. The molecule has 30 heavy (non-hydrogen) atoms. The van der Waals surface area contributed by atoms with Gasteiger partial charge in [-0.15, -0.1) is 0 Å². The van der Waals surface area contributed by atoms with Crippen LogP contribution in [0.5, 0.6) is 0 Å². The van der Waals surface area contributed by atoms with E-state index in [2.05, 4.69) is 10.6 Å². The Hall–Kier alpha value is -3.20. The third-order valence-electron chi connectivity index (χ3n) is 4.89. The van der Waals surface area contributed by atoms with Crippen molar-refractivity contribution < 1.29 is 22.8 Å². The molecule has 2 N–H and O–H groups in total. The molecule has 1 aliphatic heterocycles. The number of rotatable bonds is 7. The van der Waals surface area contributed by atoms with Crippen molar-refractivity contribution in [2.75, 3.05) is 11.9 Å². The second-order valence-corrected chi connectivity index (χ2v) is 8.84. The van der Waals surface area contributed by atoms with Crippen molar-refractivity contribution in [2.24, 2.45) is 0 Å². The molecule has 0 aromatic heterocycles. The number of nitrogens with one attached hydrogen (secondary N) is 2. The molecular formula is C21H23N3O5S. The van der Waals surface area contributed by atoms with Crippen molar-refractivity contribution in [3.05, 3.63) is 59.7 Å². The molecule has 8 nitrogen and oxygen atoms in total. The van der Waals surface area contributed by atoms with Gasteiger partial charge in [-0.05, 0) is 37.6 Å². The zero-order chi connectivity index (χ0) is 21.9. The van der Waals surface area contributed by atoms with E-state index in [9.17, 15) is 22.8 Å². The monoisotopic (exact) mass is 429 g/mol. The van der Waals surface area contributed by atoms with Crippen molar-refractivity contribution in [3.63, 3.8) is 0 Å². The number of para-hydroxylation sites is 1. The highest BCUT2D eigenvalue weighted by Crippen LogP contribution is 2.30. The SMILES string of the molecule is CC[C@@H](C)NC(=O)c1ccccc1NC(=O)CCN1C(=O)c2ccccc2S1(=O)=O. The molecular weight excluding hydrogens is 406 g/mol.